The highest BCUT2D eigenvalue weighted by molar-refractivity contribution is 6.30. The van der Waals surface area contributed by atoms with Crippen LogP contribution in [0.5, 0.6) is 11.5 Å². The molecule has 1 N–H and O–H groups in total. The number of carbonyl (C=O) groups excluding carboxylic acids is 1. The summed E-state index contributed by atoms with van der Waals surface area (Å²) < 4.78 is 25.9. The van der Waals surface area contributed by atoms with Crippen molar-refractivity contribution < 1.29 is 18.7 Å². The van der Waals surface area contributed by atoms with Crippen molar-refractivity contribution >= 4 is 39.7 Å². The normalized spacial score (nSPS) is 17.4. The van der Waals surface area contributed by atoms with Crippen LogP contribution in [0, 0.1) is 11.2 Å². The van der Waals surface area contributed by atoms with Gasteiger partial charge in [-0.05, 0) is 72.2 Å². The third-order valence-electron chi connectivity index (χ3n) is 8.71. The van der Waals surface area contributed by atoms with Gasteiger partial charge in [-0.15, -0.1) is 0 Å². The lowest BCUT2D eigenvalue weighted by atomic mass is 9.73. The fourth-order valence-electron chi connectivity index (χ4n) is 6.32. The van der Waals surface area contributed by atoms with Crippen LogP contribution in [0.4, 0.5) is 10.1 Å². The monoisotopic (exact) mass is 601 g/mol. The maximum Gasteiger partial charge on any atom is 0.341 e. The number of benzene rings is 3. The minimum atomic E-state index is -0.533. The van der Waals surface area contributed by atoms with Gasteiger partial charge in [0, 0.05) is 72.7 Å². The third kappa shape index (κ3) is 6.43. The first-order valence-corrected chi connectivity index (χ1v) is 15.2. The zero-order chi connectivity index (χ0) is 30.1. The van der Waals surface area contributed by atoms with E-state index in [9.17, 15) is 9.18 Å². The van der Waals surface area contributed by atoms with E-state index in [1.54, 1.807) is 18.3 Å². The van der Waals surface area contributed by atoms with Crippen LogP contribution in [0.2, 0.25) is 5.02 Å². The number of allylic oxidation sites excluding steroid dienone is 1. The van der Waals surface area contributed by atoms with E-state index in [2.05, 4.69) is 40.8 Å². The number of methoxy groups -OCH3 is 1. The molecule has 1 saturated heterocycles. The topological polar surface area (TPSA) is 57.8 Å². The fourth-order valence-corrected chi connectivity index (χ4v) is 6.44. The maximum absolute atomic E-state index is 14.9. The molecule has 1 fully saturated rings. The van der Waals surface area contributed by atoms with Crippen molar-refractivity contribution in [3.05, 3.63) is 94.4 Å². The van der Waals surface area contributed by atoms with Gasteiger partial charge in [0.2, 0.25) is 0 Å². The molecule has 0 atom stereocenters. The number of anilines is 1. The number of aromatic amines is 1. The van der Waals surface area contributed by atoms with Gasteiger partial charge in [0.25, 0.3) is 0 Å². The van der Waals surface area contributed by atoms with Crippen LogP contribution in [0.3, 0.4) is 0 Å². The second kappa shape index (κ2) is 12.1. The number of rotatable bonds is 7. The molecule has 1 aliphatic heterocycles. The summed E-state index contributed by atoms with van der Waals surface area (Å²) in [6, 6.07) is 18.6. The number of hydrogen-bond donors (Lipinski definition) is 1. The van der Waals surface area contributed by atoms with E-state index in [0.29, 0.717) is 5.52 Å². The molecule has 6 nitrogen and oxygen atoms in total. The summed E-state index contributed by atoms with van der Waals surface area (Å²) in [7, 11) is 1.33. The standard InChI is InChI=1S/C35H37ClFN3O3/c1-35(2)12-10-28(23-4-6-26(36)7-5-23)25(21-35)22-39-14-16-40(17-15-39)27-8-9-29(34(41)42-3)32(19-27)43-33-18-24-11-13-38-31(24)20-30(33)37/h4-9,11,13,18-20,38H,10,12,14-17,21-22H2,1-3H3. The zero-order valence-corrected chi connectivity index (χ0v) is 25.6. The molecule has 4 aromatic rings. The highest BCUT2D eigenvalue weighted by Gasteiger charge is 2.30. The largest absolute Gasteiger partial charge is 0.465 e. The van der Waals surface area contributed by atoms with Crippen LogP contribution in [0.15, 0.2) is 72.4 Å². The number of aromatic nitrogens is 1. The van der Waals surface area contributed by atoms with Crippen molar-refractivity contribution in [1.82, 2.24) is 9.88 Å². The van der Waals surface area contributed by atoms with Gasteiger partial charge in [-0.2, -0.15) is 0 Å². The van der Waals surface area contributed by atoms with Gasteiger partial charge >= 0.3 is 5.97 Å². The molecule has 2 aliphatic rings. The van der Waals surface area contributed by atoms with E-state index in [4.69, 9.17) is 21.1 Å². The summed E-state index contributed by atoms with van der Waals surface area (Å²) in [5.74, 6) is -0.722. The Morgan fingerprint density at radius 1 is 1.00 bits per heavy atom. The minimum absolute atomic E-state index is 0.0550. The lowest BCUT2D eigenvalue weighted by molar-refractivity contribution is 0.0598. The molecule has 0 spiro atoms. The zero-order valence-electron chi connectivity index (χ0n) is 24.9. The average molecular weight is 602 g/mol. The highest BCUT2D eigenvalue weighted by atomic mass is 35.5. The molecule has 2 heterocycles. The van der Waals surface area contributed by atoms with Crippen molar-refractivity contribution in [2.45, 2.75) is 33.1 Å². The van der Waals surface area contributed by atoms with Crippen molar-refractivity contribution in [2.24, 2.45) is 5.41 Å². The van der Waals surface area contributed by atoms with E-state index in [1.807, 2.05) is 30.3 Å². The summed E-state index contributed by atoms with van der Waals surface area (Å²) in [6.07, 6.45) is 5.10. The molecule has 0 amide bonds. The quantitative estimate of drug-likeness (QED) is 0.216. The number of H-pyrrole nitrogens is 1. The Kier molecular flexibility index (Phi) is 8.21. The Labute approximate surface area is 257 Å². The van der Waals surface area contributed by atoms with Crippen LogP contribution < -0.4 is 9.64 Å². The van der Waals surface area contributed by atoms with Crippen LogP contribution >= 0.6 is 11.6 Å². The number of nitrogens with zero attached hydrogens (tertiary/aromatic N) is 2. The molecule has 224 valence electrons. The van der Waals surface area contributed by atoms with Gasteiger partial charge in [0.1, 0.15) is 11.3 Å². The number of nitrogens with one attached hydrogen (secondary N) is 1. The van der Waals surface area contributed by atoms with Crippen molar-refractivity contribution in [3.8, 4) is 11.5 Å². The summed E-state index contributed by atoms with van der Waals surface area (Å²) in [5, 5.41) is 1.58. The summed E-state index contributed by atoms with van der Waals surface area (Å²) in [4.78, 5) is 20.4. The number of esters is 1. The molecule has 6 rings (SSSR count). The summed E-state index contributed by atoms with van der Waals surface area (Å²) >= 11 is 6.18. The third-order valence-corrected chi connectivity index (χ3v) is 8.96. The first-order chi connectivity index (χ1) is 20.7. The van der Waals surface area contributed by atoms with Crippen molar-refractivity contribution in [1.29, 1.82) is 0 Å². The van der Waals surface area contributed by atoms with E-state index in [-0.39, 0.29) is 22.5 Å². The number of piperazine rings is 1. The van der Waals surface area contributed by atoms with Gasteiger partial charge in [0.05, 0.1) is 7.11 Å². The minimum Gasteiger partial charge on any atom is -0.465 e. The maximum atomic E-state index is 14.9. The van der Waals surface area contributed by atoms with E-state index >= 15 is 0 Å². The SMILES string of the molecule is COC(=O)c1ccc(N2CCN(CC3=C(c4ccc(Cl)cc4)CCC(C)(C)C3)CC2)cc1Oc1cc2cc[nH]c2cc1F. The van der Waals surface area contributed by atoms with Gasteiger partial charge in [0.15, 0.2) is 11.6 Å². The molecular weight excluding hydrogens is 565 g/mol. The van der Waals surface area contributed by atoms with Gasteiger partial charge in [-0.25, -0.2) is 9.18 Å². The van der Waals surface area contributed by atoms with Crippen LogP contribution in [-0.2, 0) is 4.74 Å². The molecule has 0 bridgehead atoms. The van der Waals surface area contributed by atoms with Gasteiger partial charge < -0.3 is 19.4 Å². The molecule has 0 radical (unpaired) electrons. The number of ether oxygens (including phenoxy) is 2. The molecule has 3 aromatic carbocycles. The number of halogens is 2. The number of carbonyl (C=O) groups is 1. The second-order valence-corrected chi connectivity index (χ2v) is 12.8. The fraction of sp³-hybridized carbons (Fsp3) is 0.343. The van der Waals surface area contributed by atoms with Gasteiger partial charge in [-0.3, -0.25) is 4.90 Å². The summed E-state index contributed by atoms with van der Waals surface area (Å²) in [6.45, 7) is 9.15. The van der Waals surface area contributed by atoms with Crippen LogP contribution in [-0.4, -0.2) is 55.7 Å². The van der Waals surface area contributed by atoms with E-state index in [0.717, 1.165) is 61.7 Å². The van der Waals surface area contributed by atoms with Crippen molar-refractivity contribution in [2.75, 3.05) is 44.7 Å². The number of hydrogen-bond acceptors (Lipinski definition) is 5. The average Bonchev–Trinajstić information content (AvgIpc) is 3.45. The predicted octanol–water partition coefficient (Wildman–Crippen LogP) is 8.33. The van der Waals surface area contributed by atoms with E-state index < -0.39 is 11.8 Å². The Hall–Kier alpha value is -3.81. The lowest BCUT2D eigenvalue weighted by Gasteiger charge is -2.39. The number of fused-ring (bicyclic) bond motifs is 1. The van der Waals surface area contributed by atoms with Crippen molar-refractivity contribution in [3.63, 3.8) is 0 Å². The molecule has 1 aliphatic carbocycles. The Morgan fingerprint density at radius 2 is 1.77 bits per heavy atom. The molecule has 0 unspecified atom stereocenters. The Bertz CT molecular complexity index is 1670. The molecule has 0 saturated carbocycles. The summed E-state index contributed by atoms with van der Waals surface area (Å²) in [5.41, 5.74) is 6.40. The Morgan fingerprint density at radius 3 is 2.51 bits per heavy atom. The lowest BCUT2D eigenvalue weighted by Crippen LogP contribution is -2.47. The second-order valence-electron chi connectivity index (χ2n) is 12.3. The molecular formula is C35H37ClFN3O3. The highest BCUT2D eigenvalue weighted by Crippen LogP contribution is 2.43. The van der Waals surface area contributed by atoms with E-state index in [1.165, 1.54) is 36.3 Å². The first-order valence-electron chi connectivity index (χ1n) is 14.8. The Balaban J connectivity index is 1.19. The molecule has 8 heteroatoms. The van der Waals surface area contributed by atoms with Gasteiger partial charge in [-0.1, -0.05) is 43.2 Å². The smallest absolute Gasteiger partial charge is 0.341 e. The molecule has 43 heavy (non-hydrogen) atoms. The van der Waals surface area contributed by atoms with Crippen LogP contribution in [0.25, 0.3) is 16.5 Å². The first kappa shape index (κ1) is 29.3. The predicted molar refractivity (Wildman–Crippen MR) is 171 cm³/mol. The van der Waals surface area contributed by atoms with Crippen LogP contribution in [0.1, 0.15) is 49.0 Å². The molecule has 1 aromatic heterocycles.